The molecule has 0 N–H and O–H groups in total. The van der Waals surface area contributed by atoms with Gasteiger partial charge in [0, 0.05) is 37.6 Å². The van der Waals surface area contributed by atoms with Crippen LogP contribution in [0.4, 0.5) is 0 Å². The zero-order valence-electron chi connectivity index (χ0n) is 14.8. The fraction of sp³-hybridized carbons (Fsp3) is 0.500. The topological polar surface area (TPSA) is 32.3 Å². The first-order valence-electron chi connectivity index (χ1n) is 8.94. The SMILES string of the molecule is CN(Cc1ccccn1)C1CCCCC1N(C)Cc1ccccn1. The number of rotatable bonds is 6. The van der Waals surface area contributed by atoms with Gasteiger partial charge in [-0.25, -0.2) is 0 Å². The van der Waals surface area contributed by atoms with Gasteiger partial charge in [0.15, 0.2) is 0 Å². The molecule has 1 fully saturated rings. The average molecular weight is 324 g/mol. The molecule has 1 saturated carbocycles. The van der Waals surface area contributed by atoms with Crippen LogP contribution in [-0.2, 0) is 13.1 Å². The summed E-state index contributed by atoms with van der Waals surface area (Å²) in [5.74, 6) is 0. The first kappa shape index (κ1) is 17.1. The van der Waals surface area contributed by atoms with E-state index in [1.807, 2.05) is 24.5 Å². The molecule has 4 heteroatoms. The van der Waals surface area contributed by atoms with Crippen molar-refractivity contribution in [3.05, 3.63) is 60.2 Å². The highest BCUT2D eigenvalue weighted by atomic mass is 15.2. The Balaban J connectivity index is 1.66. The van der Waals surface area contributed by atoms with Crippen molar-refractivity contribution >= 4 is 0 Å². The molecule has 0 bridgehead atoms. The third-order valence-electron chi connectivity index (χ3n) is 5.10. The van der Waals surface area contributed by atoms with Crippen LogP contribution < -0.4 is 0 Å². The molecule has 0 amide bonds. The molecule has 24 heavy (non-hydrogen) atoms. The molecular formula is C20H28N4. The van der Waals surface area contributed by atoms with E-state index < -0.39 is 0 Å². The van der Waals surface area contributed by atoms with E-state index in [1.165, 1.54) is 25.7 Å². The van der Waals surface area contributed by atoms with Crippen molar-refractivity contribution in [3.63, 3.8) is 0 Å². The molecule has 0 spiro atoms. The van der Waals surface area contributed by atoms with Crippen molar-refractivity contribution in [2.24, 2.45) is 0 Å². The van der Waals surface area contributed by atoms with Crippen LogP contribution in [-0.4, -0.2) is 45.9 Å². The van der Waals surface area contributed by atoms with Crippen molar-refractivity contribution in [1.29, 1.82) is 0 Å². The third-order valence-corrected chi connectivity index (χ3v) is 5.10. The lowest BCUT2D eigenvalue weighted by Gasteiger charge is -2.42. The van der Waals surface area contributed by atoms with Crippen LogP contribution in [0, 0.1) is 0 Å². The Morgan fingerprint density at radius 2 is 1.25 bits per heavy atom. The van der Waals surface area contributed by atoms with Crippen molar-refractivity contribution in [2.75, 3.05) is 14.1 Å². The monoisotopic (exact) mass is 324 g/mol. The summed E-state index contributed by atoms with van der Waals surface area (Å²) >= 11 is 0. The second-order valence-corrected chi connectivity index (χ2v) is 6.89. The standard InChI is InChI=1S/C20H28N4/c1-23(15-17-9-5-7-13-21-17)19-11-3-4-12-20(19)24(2)16-18-10-6-8-14-22-18/h5-10,13-14,19-20H,3-4,11-12,15-16H2,1-2H3. The maximum atomic E-state index is 4.49. The lowest BCUT2D eigenvalue weighted by molar-refractivity contribution is 0.0680. The molecule has 0 aromatic carbocycles. The summed E-state index contributed by atoms with van der Waals surface area (Å²) in [4.78, 5) is 13.9. The minimum absolute atomic E-state index is 0.578. The zero-order valence-corrected chi connectivity index (χ0v) is 14.8. The molecule has 1 aliphatic rings. The predicted octanol–water partition coefficient (Wildman–Crippen LogP) is 3.35. The number of hydrogen-bond donors (Lipinski definition) is 0. The lowest BCUT2D eigenvalue weighted by atomic mass is 9.88. The second kappa shape index (κ2) is 8.36. The number of aromatic nitrogens is 2. The van der Waals surface area contributed by atoms with E-state index >= 15 is 0 Å². The molecule has 2 unspecified atom stereocenters. The Morgan fingerprint density at radius 3 is 1.62 bits per heavy atom. The molecule has 2 heterocycles. The summed E-state index contributed by atoms with van der Waals surface area (Å²) < 4.78 is 0. The Bertz CT molecular complexity index is 546. The van der Waals surface area contributed by atoms with Crippen LogP contribution in [0.5, 0.6) is 0 Å². The Labute approximate surface area is 145 Å². The van der Waals surface area contributed by atoms with E-state index in [9.17, 15) is 0 Å². The summed E-state index contributed by atoms with van der Waals surface area (Å²) in [6.45, 7) is 1.83. The highest BCUT2D eigenvalue weighted by molar-refractivity contribution is 5.05. The highest BCUT2D eigenvalue weighted by Gasteiger charge is 2.31. The van der Waals surface area contributed by atoms with Gasteiger partial charge in [0.05, 0.1) is 11.4 Å². The molecule has 0 saturated heterocycles. The Morgan fingerprint density at radius 1 is 0.792 bits per heavy atom. The minimum atomic E-state index is 0.578. The van der Waals surface area contributed by atoms with E-state index in [0.29, 0.717) is 12.1 Å². The summed E-state index contributed by atoms with van der Waals surface area (Å²) in [7, 11) is 4.48. The lowest BCUT2D eigenvalue weighted by Crippen LogP contribution is -2.50. The van der Waals surface area contributed by atoms with Crippen LogP contribution in [0.3, 0.4) is 0 Å². The van der Waals surface area contributed by atoms with Crippen molar-refractivity contribution < 1.29 is 0 Å². The van der Waals surface area contributed by atoms with Gasteiger partial charge in [-0.05, 0) is 51.2 Å². The van der Waals surface area contributed by atoms with Crippen LogP contribution in [0.1, 0.15) is 37.1 Å². The van der Waals surface area contributed by atoms with E-state index in [-0.39, 0.29) is 0 Å². The first-order valence-corrected chi connectivity index (χ1v) is 8.94. The summed E-state index contributed by atoms with van der Waals surface area (Å²) in [5.41, 5.74) is 2.30. The van der Waals surface area contributed by atoms with Crippen LogP contribution >= 0.6 is 0 Å². The average Bonchev–Trinajstić information content (AvgIpc) is 2.63. The van der Waals surface area contributed by atoms with Crippen LogP contribution in [0.25, 0.3) is 0 Å². The molecule has 0 aliphatic heterocycles. The van der Waals surface area contributed by atoms with Crippen molar-refractivity contribution in [3.8, 4) is 0 Å². The molecule has 2 atom stereocenters. The van der Waals surface area contributed by atoms with E-state index in [1.54, 1.807) is 0 Å². The first-order chi connectivity index (χ1) is 11.7. The maximum Gasteiger partial charge on any atom is 0.0543 e. The third kappa shape index (κ3) is 4.40. The van der Waals surface area contributed by atoms with E-state index in [0.717, 1.165) is 24.5 Å². The molecular weight excluding hydrogens is 296 g/mol. The molecule has 2 aromatic heterocycles. The Hall–Kier alpha value is -1.78. The summed E-state index contributed by atoms with van der Waals surface area (Å²) in [5, 5.41) is 0. The zero-order chi connectivity index (χ0) is 16.8. The summed E-state index contributed by atoms with van der Waals surface area (Å²) in [6, 6.07) is 13.5. The largest absolute Gasteiger partial charge is 0.296 e. The number of nitrogens with zero attached hydrogens (tertiary/aromatic N) is 4. The van der Waals surface area contributed by atoms with Gasteiger partial charge >= 0.3 is 0 Å². The number of hydrogen-bond acceptors (Lipinski definition) is 4. The summed E-state index contributed by atoms with van der Waals surface area (Å²) in [6.07, 6.45) is 8.95. The Kier molecular flexibility index (Phi) is 5.94. The van der Waals surface area contributed by atoms with Gasteiger partial charge in [-0.3, -0.25) is 19.8 Å². The van der Waals surface area contributed by atoms with Crippen molar-refractivity contribution in [2.45, 2.75) is 50.9 Å². The molecule has 3 rings (SSSR count). The van der Waals surface area contributed by atoms with E-state index in [4.69, 9.17) is 0 Å². The van der Waals surface area contributed by atoms with Gasteiger partial charge in [0.2, 0.25) is 0 Å². The van der Waals surface area contributed by atoms with Gasteiger partial charge < -0.3 is 0 Å². The minimum Gasteiger partial charge on any atom is -0.296 e. The normalized spacial score (nSPS) is 21.3. The maximum absolute atomic E-state index is 4.49. The predicted molar refractivity (Wildman–Crippen MR) is 97.5 cm³/mol. The second-order valence-electron chi connectivity index (χ2n) is 6.89. The van der Waals surface area contributed by atoms with E-state index in [2.05, 4.69) is 58.1 Å². The quantitative estimate of drug-likeness (QED) is 0.816. The van der Waals surface area contributed by atoms with Crippen LogP contribution in [0.2, 0.25) is 0 Å². The number of pyridine rings is 2. The number of likely N-dealkylation sites (N-methyl/N-ethyl adjacent to an activating group) is 2. The van der Waals surface area contributed by atoms with Gasteiger partial charge in [-0.15, -0.1) is 0 Å². The van der Waals surface area contributed by atoms with Gasteiger partial charge in [-0.2, -0.15) is 0 Å². The fourth-order valence-corrected chi connectivity index (χ4v) is 3.85. The van der Waals surface area contributed by atoms with Gasteiger partial charge in [0.1, 0.15) is 0 Å². The highest BCUT2D eigenvalue weighted by Crippen LogP contribution is 2.27. The van der Waals surface area contributed by atoms with Crippen LogP contribution in [0.15, 0.2) is 48.8 Å². The van der Waals surface area contributed by atoms with Gasteiger partial charge in [-0.1, -0.05) is 25.0 Å². The molecule has 0 radical (unpaired) electrons. The van der Waals surface area contributed by atoms with Gasteiger partial charge in [0.25, 0.3) is 0 Å². The molecule has 2 aromatic rings. The van der Waals surface area contributed by atoms with Crippen molar-refractivity contribution in [1.82, 2.24) is 19.8 Å². The smallest absolute Gasteiger partial charge is 0.0543 e. The molecule has 4 nitrogen and oxygen atoms in total. The molecule has 128 valence electrons. The fourth-order valence-electron chi connectivity index (χ4n) is 3.85. The molecule has 1 aliphatic carbocycles.